The topological polar surface area (TPSA) is 66.9 Å². The molecule has 0 aliphatic carbocycles. The Morgan fingerprint density at radius 1 is 1.50 bits per heavy atom. The molecule has 0 aromatic heterocycles. The van der Waals surface area contributed by atoms with Crippen LogP contribution in [0.25, 0.3) is 0 Å². The van der Waals surface area contributed by atoms with Crippen molar-refractivity contribution in [2.75, 3.05) is 0 Å². The molecule has 0 bridgehead atoms. The monoisotopic (exact) mass is 190 g/mol. The fourth-order valence-corrected chi connectivity index (χ4v) is 1.53. The molecule has 0 aliphatic heterocycles. The van der Waals surface area contributed by atoms with E-state index < -0.39 is 4.92 Å². The van der Waals surface area contributed by atoms with Crippen molar-refractivity contribution in [3.63, 3.8) is 0 Å². The first-order chi connectivity index (χ1) is 6.56. The third-order valence-corrected chi connectivity index (χ3v) is 1.98. The van der Waals surface area contributed by atoms with Gasteiger partial charge in [-0.3, -0.25) is 10.1 Å². The minimum atomic E-state index is -0.429. The van der Waals surface area contributed by atoms with Crippen LogP contribution in [-0.4, -0.2) is 4.92 Å². The van der Waals surface area contributed by atoms with E-state index in [1.807, 2.05) is 13.0 Å². The highest BCUT2D eigenvalue weighted by Gasteiger charge is 2.16. The smallest absolute Gasteiger partial charge is 0.258 e. The lowest BCUT2D eigenvalue weighted by atomic mass is 10.0. The molecule has 4 heteroatoms. The maximum atomic E-state index is 10.7. The molecular formula is C10H10N2O2. The molecule has 1 rings (SSSR count). The number of hydrogen-bond donors (Lipinski definition) is 0. The number of nitrogens with zero attached hydrogens (tertiary/aromatic N) is 2. The van der Waals surface area contributed by atoms with Crippen LogP contribution in [0.15, 0.2) is 12.1 Å². The molecule has 0 aliphatic rings. The van der Waals surface area contributed by atoms with Gasteiger partial charge in [-0.05, 0) is 26.0 Å². The van der Waals surface area contributed by atoms with Gasteiger partial charge in [-0.25, -0.2) is 0 Å². The molecule has 14 heavy (non-hydrogen) atoms. The summed E-state index contributed by atoms with van der Waals surface area (Å²) in [7, 11) is 0. The SMILES string of the molecule is Cc1cc(C)c([N+](=O)[O-])c(CC#N)c1. The second-order valence-corrected chi connectivity index (χ2v) is 3.18. The molecule has 0 heterocycles. The van der Waals surface area contributed by atoms with Crippen LogP contribution < -0.4 is 0 Å². The van der Waals surface area contributed by atoms with E-state index in [1.165, 1.54) is 0 Å². The van der Waals surface area contributed by atoms with E-state index in [9.17, 15) is 10.1 Å². The molecule has 72 valence electrons. The molecule has 0 N–H and O–H groups in total. The molecule has 0 spiro atoms. The molecule has 0 atom stereocenters. The van der Waals surface area contributed by atoms with Crippen molar-refractivity contribution in [2.45, 2.75) is 20.3 Å². The summed E-state index contributed by atoms with van der Waals surface area (Å²) < 4.78 is 0. The van der Waals surface area contributed by atoms with E-state index in [1.54, 1.807) is 19.1 Å². The molecule has 0 saturated heterocycles. The lowest BCUT2D eigenvalue weighted by molar-refractivity contribution is -0.386. The molecule has 0 saturated carbocycles. The maximum absolute atomic E-state index is 10.7. The highest BCUT2D eigenvalue weighted by Crippen LogP contribution is 2.25. The van der Waals surface area contributed by atoms with Gasteiger partial charge in [0.25, 0.3) is 5.69 Å². The number of benzene rings is 1. The van der Waals surface area contributed by atoms with Crippen molar-refractivity contribution in [1.29, 1.82) is 5.26 Å². The Labute approximate surface area is 81.9 Å². The number of nitriles is 1. The van der Waals surface area contributed by atoms with Crippen LogP contribution in [0.5, 0.6) is 0 Å². The van der Waals surface area contributed by atoms with Crippen LogP contribution in [0.3, 0.4) is 0 Å². The first-order valence-corrected chi connectivity index (χ1v) is 4.17. The maximum Gasteiger partial charge on any atom is 0.276 e. The fraction of sp³-hybridized carbons (Fsp3) is 0.300. The molecule has 0 unspecified atom stereocenters. The number of aryl methyl sites for hydroxylation is 2. The minimum Gasteiger partial charge on any atom is -0.258 e. The summed E-state index contributed by atoms with van der Waals surface area (Å²) in [5.41, 5.74) is 2.12. The number of hydrogen-bond acceptors (Lipinski definition) is 3. The van der Waals surface area contributed by atoms with Crippen LogP contribution in [-0.2, 0) is 6.42 Å². The predicted molar refractivity (Wildman–Crippen MR) is 51.9 cm³/mol. The van der Waals surface area contributed by atoms with Crippen molar-refractivity contribution < 1.29 is 4.92 Å². The normalized spacial score (nSPS) is 9.50. The quantitative estimate of drug-likeness (QED) is 0.530. The van der Waals surface area contributed by atoms with Gasteiger partial charge in [0.05, 0.1) is 17.4 Å². The summed E-state index contributed by atoms with van der Waals surface area (Å²) in [6.45, 7) is 3.55. The minimum absolute atomic E-state index is 0.0668. The molecule has 0 amide bonds. The third kappa shape index (κ3) is 1.88. The zero-order chi connectivity index (χ0) is 10.7. The van der Waals surface area contributed by atoms with Gasteiger partial charge in [0.2, 0.25) is 0 Å². The summed E-state index contributed by atoms with van der Waals surface area (Å²) in [5.74, 6) is 0. The van der Waals surface area contributed by atoms with E-state index in [0.717, 1.165) is 5.56 Å². The summed E-state index contributed by atoms with van der Waals surface area (Å²) in [6, 6.07) is 5.37. The third-order valence-electron chi connectivity index (χ3n) is 1.98. The van der Waals surface area contributed by atoms with E-state index >= 15 is 0 Å². The molecule has 4 nitrogen and oxygen atoms in total. The van der Waals surface area contributed by atoms with E-state index in [0.29, 0.717) is 11.1 Å². The Balaban J connectivity index is 3.38. The van der Waals surface area contributed by atoms with Gasteiger partial charge < -0.3 is 0 Å². The zero-order valence-corrected chi connectivity index (χ0v) is 8.07. The standard InChI is InChI=1S/C10H10N2O2/c1-7-5-8(2)10(12(13)14)9(6-7)3-4-11/h5-6H,3H2,1-2H3. The van der Waals surface area contributed by atoms with E-state index in [2.05, 4.69) is 0 Å². The Morgan fingerprint density at radius 3 is 2.64 bits per heavy atom. The van der Waals surface area contributed by atoms with Gasteiger partial charge in [0.1, 0.15) is 0 Å². The van der Waals surface area contributed by atoms with Crippen molar-refractivity contribution in [3.05, 3.63) is 38.9 Å². The molecule has 1 aromatic rings. The van der Waals surface area contributed by atoms with Gasteiger partial charge in [0.15, 0.2) is 0 Å². The second-order valence-electron chi connectivity index (χ2n) is 3.18. The number of nitro benzene ring substituents is 1. The van der Waals surface area contributed by atoms with Crippen LogP contribution in [0.4, 0.5) is 5.69 Å². The van der Waals surface area contributed by atoms with Gasteiger partial charge in [-0.1, -0.05) is 5.56 Å². The first-order valence-electron chi connectivity index (χ1n) is 4.17. The predicted octanol–water partition coefficient (Wildman–Crippen LogP) is 2.28. The summed E-state index contributed by atoms with van der Waals surface area (Å²) in [6.07, 6.45) is 0.0822. The van der Waals surface area contributed by atoms with Crippen molar-refractivity contribution in [1.82, 2.24) is 0 Å². The van der Waals surface area contributed by atoms with Crippen LogP contribution >= 0.6 is 0 Å². The fourth-order valence-electron chi connectivity index (χ4n) is 1.53. The largest absolute Gasteiger partial charge is 0.276 e. The van der Waals surface area contributed by atoms with Crippen molar-refractivity contribution in [2.24, 2.45) is 0 Å². The molecular weight excluding hydrogens is 180 g/mol. The lowest BCUT2D eigenvalue weighted by Crippen LogP contribution is -1.98. The van der Waals surface area contributed by atoms with E-state index in [4.69, 9.17) is 5.26 Å². The van der Waals surface area contributed by atoms with Gasteiger partial charge in [0, 0.05) is 11.1 Å². The van der Waals surface area contributed by atoms with Crippen LogP contribution in [0.2, 0.25) is 0 Å². The average Bonchev–Trinajstić information content (AvgIpc) is 2.01. The van der Waals surface area contributed by atoms with Crippen molar-refractivity contribution >= 4 is 5.69 Å². The Bertz CT molecular complexity index is 419. The highest BCUT2D eigenvalue weighted by molar-refractivity contribution is 5.50. The summed E-state index contributed by atoms with van der Waals surface area (Å²) >= 11 is 0. The highest BCUT2D eigenvalue weighted by atomic mass is 16.6. The summed E-state index contributed by atoms with van der Waals surface area (Å²) in [5, 5.41) is 19.3. The van der Waals surface area contributed by atoms with Crippen molar-refractivity contribution in [3.8, 4) is 6.07 Å². The molecule has 0 fully saturated rings. The Morgan fingerprint density at radius 2 is 2.14 bits per heavy atom. The van der Waals surface area contributed by atoms with Gasteiger partial charge >= 0.3 is 0 Å². The average molecular weight is 190 g/mol. The zero-order valence-electron chi connectivity index (χ0n) is 8.07. The van der Waals surface area contributed by atoms with Gasteiger partial charge in [-0.15, -0.1) is 0 Å². The Hall–Kier alpha value is -1.89. The lowest BCUT2D eigenvalue weighted by Gasteiger charge is -2.03. The number of rotatable bonds is 2. The number of nitro groups is 1. The van der Waals surface area contributed by atoms with E-state index in [-0.39, 0.29) is 12.1 Å². The second kappa shape index (κ2) is 3.88. The first kappa shape index (κ1) is 10.2. The molecule has 1 aromatic carbocycles. The van der Waals surface area contributed by atoms with Gasteiger partial charge in [-0.2, -0.15) is 5.26 Å². The summed E-state index contributed by atoms with van der Waals surface area (Å²) in [4.78, 5) is 10.3. The molecule has 0 radical (unpaired) electrons. The van der Waals surface area contributed by atoms with Crippen LogP contribution in [0, 0.1) is 35.3 Å². The van der Waals surface area contributed by atoms with Crippen LogP contribution in [0.1, 0.15) is 16.7 Å². The Kier molecular flexibility index (Phi) is 2.82.